The first-order chi connectivity index (χ1) is 11.7. The lowest BCUT2D eigenvalue weighted by Crippen LogP contribution is -2.34. The van der Waals surface area contributed by atoms with E-state index in [0.29, 0.717) is 11.8 Å². The van der Waals surface area contributed by atoms with Crippen LogP contribution in [0.2, 0.25) is 0 Å². The molecule has 0 bridgehead atoms. The lowest BCUT2D eigenvalue weighted by atomic mass is 9.77. The molecule has 0 spiro atoms. The van der Waals surface area contributed by atoms with E-state index in [1.54, 1.807) is 0 Å². The molecule has 3 saturated carbocycles. The monoisotopic (exact) mass is 320 g/mol. The molecule has 0 aliphatic heterocycles. The normalized spacial score (nSPS) is 41.1. The Kier molecular flexibility index (Phi) is 3.02. The fourth-order valence-corrected chi connectivity index (χ4v) is 6.00. The van der Waals surface area contributed by atoms with E-state index in [4.69, 9.17) is 0 Å². The van der Waals surface area contributed by atoms with Gasteiger partial charge in [0.2, 0.25) is 0 Å². The number of hydrogen-bond donors (Lipinski definition) is 2. The van der Waals surface area contributed by atoms with Crippen molar-refractivity contribution in [2.45, 2.75) is 37.4 Å². The Labute approximate surface area is 143 Å². The van der Waals surface area contributed by atoms with Gasteiger partial charge in [0.25, 0.3) is 0 Å². The maximum absolute atomic E-state index is 10.6. The van der Waals surface area contributed by atoms with Crippen LogP contribution in [-0.4, -0.2) is 21.9 Å². The molecule has 2 nitrogen and oxygen atoms in total. The van der Waals surface area contributed by atoms with Gasteiger partial charge in [0.15, 0.2) is 0 Å². The van der Waals surface area contributed by atoms with Gasteiger partial charge in [-0.15, -0.1) is 0 Å². The SMILES string of the molecule is OC1C2C1(O)C1C(CCc3ccccc3)C21CCc1ccccc1. The zero-order valence-electron chi connectivity index (χ0n) is 13.8. The van der Waals surface area contributed by atoms with Crippen molar-refractivity contribution in [3.05, 3.63) is 71.8 Å². The Morgan fingerprint density at radius 1 is 0.792 bits per heavy atom. The molecule has 3 fully saturated rings. The van der Waals surface area contributed by atoms with Gasteiger partial charge in [-0.05, 0) is 48.1 Å². The third-order valence-corrected chi connectivity index (χ3v) is 7.09. The van der Waals surface area contributed by atoms with Crippen molar-refractivity contribution < 1.29 is 10.2 Å². The molecule has 0 radical (unpaired) electrons. The van der Waals surface area contributed by atoms with Crippen LogP contribution < -0.4 is 0 Å². The molecule has 2 heteroatoms. The highest BCUT2D eigenvalue weighted by Crippen LogP contribution is 2.91. The summed E-state index contributed by atoms with van der Waals surface area (Å²) in [6.07, 6.45) is 3.90. The van der Waals surface area contributed by atoms with Crippen LogP contribution in [0.3, 0.4) is 0 Å². The first-order valence-corrected chi connectivity index (χ1v) is 9.17. The van der Waals surface area contributed by atoms with Crippen molar-refractivity contribution in [1.29, 1.82) is 0 Å². The lowest BCUT2D eigenvalue weighted by Gasteiger charge is -2.29. The van der Waals surface area contributed by atoms with E-state index in [0.717, 1.165) is 25.7 Å². The molecule has 6 atom stereocenters. The predicted molar refractivity (Wildman–Crippen MR) is 93.4 cm³/mol. The molecule has 2 aromatic carbocycles. The van der Waals surface area contributed by atoms with Crippen LogP contribution >= 0.6 is 0 Å². The summed E-state index contributed by atoms with van der Waals surface area (Å²) in [4.78, 5) is 0. The van der Waals surface area contributed by atoms with E-state index in [9.17, 15) is 10.2 Å². The fourth-order valence-electron chi connectivity index (χ4n) is 6.00. The quantitative estimate of drug-likeness (QED) is 0.858. The number of rotatable bonds is 6. The van der Waals surface area contributed by atoms with E-state index >= 15 is 0 Å². The highest BCUT2D eigenvalue weighted by molar-refractivity contribution is 5.46. The van der Waals surface area contributed by atoms with Gasteiger partial charge < -0.3 is 10.2 Å². The van der Waals surface area contributed by atoms with Gasteiger partial charge in [-0.2, -0.15) is 0 Å². The maximum atomic E-state index is 10.6. The molecule has 5 rings (SSSR count). The van der Waals surface area contributed by atoms with Gasteiger partial charge in [-0.3, -0.25) is 0 Å². The highest BCUT2D eigenvalue weighted by Gasteiger charge is 2.98. The molecule has 0 heterocycles. The minimum absolute atomic E-state index is 0.138. The van der Waals surface area contributed by atoms with Gasteiger partial charge >= 0.3 is 0 Å². The Balaban J connectivity index is 1.28. The molecule has 3 aliphatic carbocycles. The van der Waals surface area contributed by atoms with Gasteiger partial charge in [-0.25, -0.2) is 0 Å². The number of aliphatic hydroxyl groups is 2. The van der Waals surface area contributed by atoms with Crippen LogP contribution in [0.15, 0.2) is 60.7 Å². The number of fused-ring (bicyclic) bond motifs is 4. The third kappa shape index (κ3) is 1.79. The van der Waals surface area contributed by atoms with Gasteiger partial charge in [0, 0.05) is 11.8 Å². The van der Waals surface area contributed by atoms with Crippen molar-refractivity contribution in [3.8, 4) is 0 Å². The first-order valence-electron chi connectivity index (χ1n) is 9.17. The average Bonchev–Trinajstić information content (AvgIpc) is 3.38. The van der Waals surface area contributed by atoms with Gasteiger partial charge in [0.1, 0.15) is 5.60 Å². The summed E-state index contributed by atoms with van der Waals surface area (Å²) < 4.78 is 0. The second kappa shape index (κ2) is 4.93. The zero-order chi connectivity index (χ0) is 16.4. The van der Waals surface area contributed by atoms with Crippen molar-refractivity contribution in [3.63, 3.8) is 0 Å². The molecule has 0 aromatic heterocycles. The van der Waals surface area contributed by atoms with Crippen LogP contribution in [0.5, 0.6) is 0 Å². The number of aliphatic hydroxyl groups excluding tert-OH is 1. The molecule has 6 unspecified atom stereocenters. The minimum atomic E-state index is -0.738. The van der Waals surface area contributed by atoms with E-state index in [-0.39, 0.29) is 11.3 Å². The zero-order valence-corrected chi connectivity index (χ0v) is 13.8. The summed E-state index contributed by atoms with van der Waals surface area (Å²) >= 11 is 0. The van der Waals surface area contributed by atoms with Crippen molar-refractivity contribution in [1.82, 2.24) is 0 Å². The Morgan fingerprint density at radius 3 is 2.00 bits per heavy atom. The predicted octanol–water partition coefficient (Wildman–Crippen LogP) is 3.22. The molecule has 0 saturated heterocycles. The van der Waals surface area contributed by atoms with Crippen LogP contribution in [0.25, 0.3) is 0 Å². The summed E-state index contributed by atoms with van der Waals surface area (Å²) in [5, 5.41) is 20.8. The number of hydrogen-bond acceptors (Lipinski definition) is 2. The molecule has 0 amide bonds. The molecule has 2 aromatic rings. The van der Waals surface area contributed by atoms with Crippen molar-refractivity contribution in [2.24, 2.45) is 23.2 Å². The molecule has 3 aliphatic rings. The van der Waals surface area contributed by atoms with Crippen LogP contribution in [0.4, 0.5) is 0 Å². The summed E-state index contributed by atoms with van der Waals surface area (Å²) in [5.74, 6) is 1.05. The highest BCUT2D eigenvalue weighted by atomic mass is 16.4. The number of benzene rings is 2. The van der Waals surface area contributed by atoms with Crippen molar-refractivity contribution in [2.75, 3.05) is 0 Å². The third-order valence-electron chi connectivity index (χ3n) is 7.09. The van der Waals surface area contributed by atoms with Crippen LogP contribution in [0, 0.1) is 23.2 Å². The van der Waals surface area contributed by atoms with E-state index < -0.39 is 11.7 Å². The molecule has 24 heavy (non-hydrogen) atoms. The van der Waals surface area contributed by atoms with Gasteiger partial charge in [0.05, 0.1) is 6.10 Å². The number of aryl methyl sites for hydroxylation is 2. The van der Waals surface area contributed by atoms with Crippen LogP contribution in [0.1, 0.15) is 24.0 Å². The molecule has 124 valence electrons. The first kappa shape index (κ1) is 14.7. The fraction of sp³-hybridized carbons (Fsp3) is 0.455. The Morgan fingerprint density at radius 2 is 1.38 bits per heavy atom. The maximum Gasteiger partial charge on any atom is 0.100 e. The Hall–Kier alpha value is -1.64. The van der Waals surface area contributed by atoms with Crippen LogP contribution in [-0.2, 0) is 12.8 Å². The lowest BCUT2D eigenvalue weighted by molar-refractivity contribution is 0.00210. The molecular weight excluding hydrogens is 296 g/mol. The van der Waals surface area contributed by atoms with Gasteiger partial charge in [-0.1, -0.05) is 60.7 Å². The standard InChI is InChI=1S/C22H24O2/c23-20-19-21(14-13-16-9-5-2-6-10-16)17(18(21)22(19,20)24)12-11-15-7-3-1-4-8-15/h1-10,17-20,23-24H,11-14H2. The molecular formula is C22H24O2. The minimum Gasteiger partial charge on any atom is -0.390 e. The van der Waals surface area contributed by atoms with Crippen molar-refractivity contribution >= 4 is 0 Å². The van der Waals surface area contributed by atoms with E-state index in [1.165, 1.54) is 11.1 Å². The summed E-state index contributed by atoms with van der Waals surface area (Å²) in [7, 11) is 0. The Bertz CT molecular complexity index is 743. The second-order valence-electron chi connectivity index (χ2n) is 8.02. The average molecular weight is 320 g/mol. The largest absolute Gasteiger partial charge is 0.390 e. The topological polar surface area (TPSA) is 40.5 Å². The second-order valence-corrected chi connectivity index (χ2v) is 8.02. The summed E-state index contributed by atoms with van der Waals surface area (Å²) in [6.45, 7) is 0. The van der Waals surface area contributed by atoms with E-state index in [1.807, 2.05) is 0 Å². The summed E-state index contributed by atoms with van der Waals surface area (Å²) in [6, 6.07) is 21.2. The smallest absolute Gasteiger partial charge is 0.100 e. The molecule has 2 N–H and O–H groups in total. The van der Waals surface area contributed by atoms with E-state index in [2.05, 4.69) is 60.7 Å². The summed E-state index contributed by atoms with van der Waals surface area (Å²) in [5.41, 5.74) is 2.21.